The molecule has 1 saturated heterocycles. The van der Waals surface area contributed by atoms with Gasteiger partial charge in [-0.15, -0.1) is 0 Å². The van der Waals surface area contributed by atoms with E-state index in [9.17, 15) is 4.79 Å². The Kier molecular flexibility index (Phi) is 6.01. The van der Waals surface area contributed by atoms with Gasteiger partial charge in [-0.3, -0.25) is 9.78 Å². The van der Waals surface area contributed by atoms with Crippen molar-refractivity contribution < 1.29 is 4.79 Å². The average Bonchev–Trinajstić information content (AvgIpc) is 2.68. The van der Waals surface area contributed by atoms with Gasteiger partial charge in [0.05, 0.1) is 11.3 Å². The molecule has 5 heteroatoms. The molecule has 1 amide bonds. The number of aromatic nitrogens is 1. The van der Waals surface area contributed by atoms with E-state index < -0.39 is 0 Å². The Labute approximate surface area is 149 Å². The molecule has 0 spiro atoms. The zero-order valence-electron chi connectivity index (χ0n) is 14.8. The minimum atomic E-state index is 0.0787. The molecule has 25 heavy (non-hydrogen) atoms. The van der Waals surface area contributed by atoms with E-state index in [1.165, 1.54) is 5.56 Å². The highest BCUT2D eigenvalue weighted by Crippen LogP contribution is 2.13. The summed E-state index contributed by atoms with van der Waals surface area (Å²) in [4.78, 5) is 21.2. The number of hydrogen-bond acceptors (Lipinski definition) is 4. The molecule has 0 aliphatic carbocycles. The van der Waals surface area contributed by atoms with E-state index >= 15 is 0 Å². The third kappa shape index (κ3) is 4.79. The molecule has 0 unspecified atom stereocenters. The van der Waals surface area contributed by atoms with E-state index in [1.54, 1.807) is 12.4 Å². The van der Waals surface area contributed by atoms with Gasteiger partial charge in [-0.1, -0.05) is 37.3 Å². The summed E-state index contributed by atoms with van der Waals surface area (Å²) in [5.41, 5.74) is 2.85. The zero-order chi connectivity index (χ0) is 17.5. The van der Waals surface area contributed by atoms with Crippen LogP contribution < -0.4 is 5.32 Å². The number of carbonyl (C=O) groups is 1. The fraction of sp³-hybridized carbons (Fsp3) is 0.400. The van der Waals surface area contributed by atoms with E-state index in [0.29, 0.717) is 5.56 Å². The number of piperazine rings is 1. The summed E-state index contributed by atoms with van der Waals surface area (Å²) >= 11 is 0. The minimum Gasteiger partial charge on any atom is -0.383 e. The zero-order valence-corrected chi connectivity index (χ0v) is 14.8. The smallest absolute Gasteiger partial charge is 0.255 e. The molecule has 132 valence electrons. The van der Waals surface area contributed by atoms with Crippen LogP contribution in [0.4, 0.5) is 5.69 Å². The molecular formula is C20H26N4O. The Morgan fingerprint density at radius 3 is 2.60 bits per heavy atom. The van der Waals surface area contributed by atoms with Crippen LogP contribution in [0.25, 0.3) is 0 Å². The molecule has 3 rings (SSSR count). The minimum absolute atomic E-state index is 0.0787. The molecule has 1 aromatic carbocycles. The first-order valence-corrected chi connectivity index (χ1v) is 9.00. The normalized spacial score (nSPS) is 15.2. The lowest BCUT2D eigenvalue weighted by Crippen LogP contribution is -2.48. The van der Waals surface area contributed by atoms with E-state index in [4.69, 9.17) is 0 Å². The lowest BCUT2D eigenvalue weighted by molar-refractivity contribution is 0.0643. The van der Waals surface area contributed by atoms with Crippen molar-refractivity contribution in [2.45, 2.75) is 13.3 Å². The fourth-order valence-electron chi connectivity index (χ4n) is 3.10. The molecular weight excluding hydrogens is 312 g/mol. The number of carbonyl (C=O) groups excluding carboxylic acids is 1. The summed E-state index contributed by atoms with van der Waals surface area (Å²) in [7, 11) is 0. The Morgan fingerprint density at radius 2 is 1.88 bits per heavy atom. The van der Waals surface area contributed by atoms with Crippen molar-refractivity contribution in [1.29, 1.82) is 0 Å². The summed E-state index contributed by atoms with van der Waals surface area (Å²) < 4.78 is 0. The molecule has 0 atom stereocenters. The van der Waals surface area contributed by atoms with Gasteiger partial charge in [-0.05, 0) is 24.6 Å². The predicted molar refractivity (Wildman–Crippen MR) is 101 cm³/mol. The number of likely N-dealkylation sites (N-methyl/N-ethyl adjacent to an activating group) is 1. The van der Waals surface area contributed by atoms with E-state index in [-0.39, 0.29) is 5.91 Å². The van der Waals surface area contributed by atoms with Gasteiger partial charge in [0, 0.05) is 45.1 Å². The number of benzene rings is 1. The van der Waals surface area contributed by atoms with Crippen LogP contribution in [0.3, 0.4) is 0 Å². The predicted octanol–water partition coefficient (Wildman–Crippen LogP) is 2.51. The lowest BCUT2D eigenvalue weighted by Gasteiger charge is -2.34. The van der Waals surface area contributed by atoms with Gasteiger partial charge in [0.25, 0.3) is 5.91 Å². The topological polar surface area (TPSA) is 48.5 Å². The fourth-order valence-corrected chi connectivity index (χ4v) is 3.10. The van der Waals surface area contributed by atoms with Crippen LogP contribution >= 0.6 is 0 Å². The van der Waals surface area contributed by atoms with Crippen LogP contribution in [0.2, 0.25) is 0 Å². The second-order valence-electron chi connectivity index (χ2n) is 6.35. The van der Waals surface area contributed by atoms with Gasteiger partial charge in [0.15, 0.2) is 0 Å². The molecule has 1 fully saturated rings. The molecule has 0 radical (unpaired) electrons. The summed E-state index contributed by atoms with van der Waals surface area (Å²) in [5.74, 6) is 0.0787. The van der Waals surface area contributed by atoms with Gasteiger partial charge in [0.2, 0.25) is 0 Å². The van der Waals surface area contributed by atoms with Gasteiger partial charge in [-0.2, -0.15) is 0 Å². The molecule has 0 bridgehead atoms. The maximum absolute atomic E-state index is 12.7. The van der Waals surface area contributed by atoms with Crippen LogP contribution in [0, 0.1) is 0 Å². The van der Waals surface area contributed by atoms with Crippen LogP contribution in [0.15, 0.2) is 48.8 Å². The highest BCUT2D eigenvalue weighted by molar-refractivity contribution is 5.94. The maximum atomic E-state index is 12.7. The van der Waals surface area contributed by atoms with Crippen molar-refractivity contribution in [3.05, 3.63) is 59.9 Å². The molecule has 1 aromatic heterocycles. The van der Waals surface area contributed by atoms with E-state index in [2.05, 4.69) is 46.4 Å². The Balaban J connectivity index is 1.55. The van der Waals surface area contributed by atoms with Crippen molar-refractivity contribution in [2.75, 3.05) is 44.6 Å². The van der Waals surface area contributed by atoms with Gasteiger partial charge in [0.1, 0.15) is 0 Å². The summed E-state index contributed by atoms with van der Waals surface area (Å²) in [6.45, 7) is 7.50. The molecule has 1 aliphatic rings. The maximum Gasteiger partial charge on any atom is 0.255 e. The number of pyridine rings is 1. The van der Waals surface area contributed by atoms with Gasteiger partial charge < -0.3 is 15.1 Å². The Morgan fingerprint density at radius 1 is 1.12 bits per heavy atom. The number of anilines is 1. The number of rotatable bonds is 6. The van der Waals surface area contributed by atoms with Crippen molar-refractivity contribution in [1.82, 2.24) is 14.8 Å². The Bertz CT molecular complexity index is 681. The van der Waals surface area contributed by atoms with Crippen LogP contribution in [0.5, 0.6) is 0 Å². The summed E-state index contributed by atoms with van der Waals surface area (Å²) in [5, 5.41) is 3.37. The average molecular weight is 338 g/mol. The van der Waals surface area contributed by atoms with Gasteiger partial charge in [-0.25, -0.2) is 0 Å². The third-order valence-corrected chi connectivity index (χ3v) is 4.68. The standard InChI is InChI=1S/C20H26N4O/c1-2-23-10-12-24(13-11-23)20(25)18-14-19(16-21-15-18)22-9-8-17-6-4-3-5-7-17/h3-7,14-16,22H,2,8-13H2,1H3. The first-order valence-electron chi connectivity index (χ1n) is 9.00. The number of hydrogen-bond donors (Lipinski definition) is 1. The van der Waals surface area contributed by atoms with E-state index in [1.807, 2.05) is 17.0 Å². The summed E-state index contributed by atoms with van der Waals surface area (Å²) in [6.07, 6.45) is 4.38. The highest BCUT2D eigenvalue weighted by Gasteiger charge is 2.21. The molecule has 0 saturated carbocycles. The first kappa shape index (κ1) is 17.4. The SMILES string of the molecule is CCN1CCN(C(=O)c2cncc(NCCc3ccccc3)c2)CC1. The molecule has 5 nitrogen and oxygen atoms in total. The number of nitrogens with one attached hydrogen (secondary N) is 1. The Hall–Kier alpha value is -2.40. The molecule has 2 heterocycles. The van der Waals surface area contributed by atoms with E-state index in [0.717, 1.165) is 51.4 Å². The monoisotopic (exact) mass is 338 g/mol. The third-order valence-electron chi connectivity index (χ3n) is 4.68. The number of amides is 1. The van der Waals surface area contributed by atoms with Crippen molar-refractivity contribution in [2.24, 2.45) is 0 Å². The van der Waals surface area contributed by atoms with Crippen molar-refractivity contribution >= 4 is 11.6 Å². The first-order chi connectivity index (χ1) is 12.3. The molecule has 2 aromatic rings. The second kappa shape index (κ2) is 8.62. The molecule has 1 N–H and O–H groups in total. The highest BCUT2D eigenvalue weighted by atomic mass is 16.2. The summed E-state index contributed by atoms with van der Waals surface area (Å²) in [6, 6.07) is 12.3. The van der Waals surface area contributed by atoms with Crippen LogP contribution in [0.1, 0.15) is 22.8 Å². The van der Waals surface area contributed by atoms with Crippen LogP contribution in [-0.2, 0) is 6.42 Å². The van der Waals surface area contributed by atoms with Gasteiger partial charge >= 0.3 is 0 Å². The quantitative estimate of drug-likeness (QED) is 0.879. The second-order valence-corrected chi connectivity index (χ2v) is 6.35. The lowest BCUT2D eigenvalue weighted by atomic mass is 10.1. The largest absolute Gasteiger partial charge is 0.383 e. The van der Waals surface area contributed by atoms with Crippen molar-refractivity contribution in [3.63, 3.8) is 0 Å². The van der Waals surface area contributed by atoms with Crippen LogP contribution in [-0.4, -0.2) is 60.0 Å². The van der Waals surface area contributed by atoms with Crippen molar-refractivity contribution in [3.8, 4) is 0 Å². The molecule has 1 aliphatic heterocycles. The number of nitrogens with zero attached hydrogens (tertiary/aromatic N) is 3.